The van der Waals surface area contributed by atoms with Crippen molar-refractivity contribution in [2.75, 3.05) is 7.05 Å². The Labute approximate surface area is 101 Å². The molecule has 0 fully saturated rings. The standard InChI is InChI=1S/C13H19FN2O/c1-3-4-12(15)13(17)16(2)9-10-5-7-11(14)8-6-10/h5-8,12H,3-4,9,15H2,1-2H3. The van der Waals surface area contributed by atoms with Crippen molar-refractivity contribution in [3.8, 4) is 0 Å². The molecule has 0 aliphatic carbocycles. The Morgan fingerprint density at radius 1 is 1.41 bits per heavy atom. The quantitative estimate of drug-likeness (QED) is 0.851. The molecule has 0 saturated heterocycles. The van der Waals surface area contributed by atoms with E-state index in [4.69, 9.17) is 5.73 Å². The van der Waals surface area contributed by atoms with Crippen LogP contribution in [0.1, 0.15) is 25.3 Å². The summed E-state index contributed by atoms with van der Waals surface area (Å²) in [5.41, 5.74) is 6.65. The Balaban J connectivity index is 2.56. The van der Waals surface area contributed by atoms with Crippen LogP contribution in [0.2, 0.25) is 0 Å². The monoisotopic (exact) mass is 238 g/mol. The second-order valence-electron chi connectivity index (χ2n) is 4.22. The van der Waals surface area contributed by atoms with Gasteiger partial charge in [0.15, 0.2) is 0 Å². The lowest BCUT2D eigenvalue weighted by molar-refractivity contribution is -0.131. The zero-order valence-electron chi connectivity index (χ0n) is 10.3. The Hall–Kier alpha value is -1.42. The number of nitrogens with zero attached hydrogens (tertiary/aromatic N) is 1. The van der Waals surface area contributed by atoms with Crippen molar-refractivity contribution >= 4 is 5.91 Å². The minimum absolute atomic E-state index is 0.0730. The fourth-order valence-electron chi connectivity index (χ4n) is 1.66. The summed E-state index contributed by atoms with van der Waals surface area (Å²) in [6.07, 6.45) is 1.57. The van der Waals surface area contributed by atoms with Crippen LogP contribution in [0.5, 0.6) is 0 Å². The van der Waals surface area contributed by atoms with Gasteiger partial charge in [0.1, 0.15) is 5.82 Å². The van der Waals surface area contributed by atoms with Gasteiger partial charge in [-0.2, -0.15) is 0 Å². The molecule has 3 nitrogen and oxygen atoms in total. The second kappa shape index (κ2) is 6.35. The normalized spacial score (nSPS) is 12.2. The molecule has 1 aromatic rings. The molecule has 0 aliphatic rings. The highest BCUT2D eigenvalue weighted by atomic mass is 19.1. The average Bonchev–Trinajstić information content (AvgIpc) is 2.31. The smallest absolute Gasteiger partial charge is 0.239 e. The van der Waals surface area contributed by atoms with Gasteiger partial charge in [-0.25, -0.2) is 4.39 Å². The van der Waals surface area contributed by atoms with Crippen LogP contribution < -0.4 is 5.73 Å². The maximum absolute atomic E-state index is 12.7. The molecule has 1 amide bonds. The second-order valence-corrected chi connectivity index (χ2v) is 4.22. The Kier molecular flexibility index (Phi) is 5.10. The van der Waals surface area contributed by atoms with Crippen molar-refractivity contribution in [3.05, 3.63) is 35.6 Å². The van der Waals surface area contributed by atoms with Crippen molar-refractivity contribution in [1.82, 2.24) is 4.90 Å². The van der Waals surface area contributed by atoms with Crippen molar-refractivity contribution in [2.24, 2.45) is 5.73 Å². The minimum atomic E-state index is -0.439. The summed E-state index contributed by atoms with van der Waals surface area (Å²) in [5, 5.41) is 0. The maximum atomic E-state index is 12.7. The summed E-state index contributed by atoms with van der Waals surface area (Å²) in [7, 11) is 1.71. The average molecular weight is 238 g/mol. The molecule has 4 heteroatoms. The maximum Gasteiger partial charge on any atom is 0.239 e. The van der Waals surface area contributed by atoms with Crippen LogP contribution >= 0.6 is 0 Å². The van der Waals surface area contributed by atoms with E-state index in [0.717, 1.165) is 12.0 Å². The highest BCUT2D eigenvalue weighted by molar-refractivity contribution is 5.81. The summed E-state index contributed by atoms with van der Waals surface area (Å²) < 4.78 is 12.7. The predicted octanol–water partition coefficient (Wildman–Crippen LogP) is 1.91. The fraction of sp³-hybridized carbons (Fsp3) is 0.462. The number of hydrogen-bond acceptors (Lipinski definition) is 2. The lowest BCUT2D eigenvalue weighted by Gasteiger charge is -2.21. The number of rotatable bonds is 5. The van der Waals surface area contributed by atoms with E-state index in [-0.39, 0.29) is 11.7 Å². The molecule has 0 saturated carbocycles. The van der Waals surface area contributed by atoms with Crippen LogP contribution in [-0.4, -0.2) is 23.9 Å². The number of hydrogen-bond donors (Lipinski definition) is 1. The van der Waals surface area contributed by atoms with E-state index in [2.05, 4.69) is 0 Å². The summed E-state index contributed by atoms with van der Waals surface area (Å²) >= 11 is 0. The SMILES string of the molecule is CCCC(N)C(=O)N(C)Cc1ccc(F)cc1. The minimum Gasteiger partial charge on any atom is -0.340 e. The van der Waals surface area contributed by atoms with Crippen molar-refractivity contribution in [1.29, 1.82) is 0 Å². The number of benzene rings is 1. The van der Waals surface area contributed by atoms with E-state index in [9.17, 15) is 9.18 Å². The first kappa shape index (κ1) is 13.6. The van der Waals surface area contributed by atoms with Gasteiger partial charge in [0, 0.05) is 13.6 Å². The molecule has 1 aromatic carbocycles. The third kappa shape index (κ3) is 4.15. The third-order valence-corrected chi connectivity index (χ3v) is 2.63. The van der Waals surface area contributed by atoms with Gasteiger partial charge in [-0.05, 0) is 24.1 Å². The number of nitrogens with two attached hydrogens (primary N) is 1. The number of halogens is 1. The zero-order chi connectivity index (χ0) is 12.8. The van der Waals surface area contributed by atoms with Crippen molar-refractivity contribution in [3.63, 3.8) is 0 Å². The number of carbonyl (C=O) groups is 1. The summed E-state index contributed by atoms with van der Waals surface area (Å²) in [6.45, 7) is 2.45. The molecule has 1 unspecified atom stereocenters. The van der Waals surface area contributed by atoms with E-state index in [0.29, 0.717) is 13.0 Å². The highest BCUT2D eigenvalue weighted by Crippen LogP contribution is 2.07. The number of amides is 1. The predicted molar refractivity (Wildman–Crippen MR) is 65.8 cm³/mol. The molecule has 0 bridgehead atoms. The van der Waals surface area contributed by atoms with E-state index in [1.165, 1.54) is 12.1 Å². The fourth-order valence-corrected chi connectivity index (χ4v) is 1.66. The van der Waals surface area contributed by atoms with Crippen LogP contribution in [0.3, 0.4) is 0 Å². The molecule has 1 atom stereocenters. The van der Waals surface area contributed by atoms with Crippen LogP contribution in [0.4, 0.5) is 4.39 Å². The summed E-state index contributed by atoms with van der Waals surface area (Å²) in [5.74, 6) is -0.346. The molecule has 94 valence electrons. The molecule has 0 spiro atoms. The van der Waals surface area contributed by atoms with Gasteiger partial charge in [-0.1, -0.05) is 25.5 Å². The number of likely N-dealkylation sites (N-methyl/N-ethyl adjacent to an activating group) is 1. The molecule has 0 radical (unpaired) electrons. The largest absolute Gasteiger partial charge is 0.340 e. The lowest BCUT2D eigenvalue weighted by atomic mass is 10.1. The Morgan fingerprint density at radius 3 is 2.53 bits per heavy atom. The molecule has 0 aromatic heterocycles. The third-order valence-electron chi connectivity index (χ3n) is 2.63. The van der Waals surface area contributed by atoms with E-state index in [1.54, 1.807) is 24.1 Å². The molecule has 0 aliphatic heterocycles. The van der Waals surface area contributed by atoms with Crippen molar-refractivity contribution < 1.29 is 9.18 Å². The van der Waals surface area contributed by atoms with Crippen LogP contribution in [0.25, 0.3) is 0 Å². The first-order valence-corrected chi connectivity index (χ1v) is 5.79. The number of carbonyl (C=O) groups excluding carboxylic acids is 1. The summed E-state index contributed by atoms with van der Waals surface area (Å²) in [4.78, 5) is 13.4. The van der Waals surface area contributed by atoms with Gasteiger partial charge in [0.05, 0.1) is 6.04 Å². The van der Waals surface area contributed by atoms with Gasteiger partial charge in [-0.3, -0.25) is 4.79 Å². The molecule has 2 N–H and O–H groups in total. The molecular formula is C13H19FN2O. The molecule has 1 rings (SSSR count). The molecule has 0 heterocycles. The first-order valence-electron chi connectivity index (χ1n) is 5.79. The van der Waals surface area contributed by atoms with E-state index < -0.39 is 6.04 Å². The van der Waals surface area contributed by atoms with Crippen LogP contribution in [0.15, 0.2) is 24.3 Å². The zero-order valence-corrected chi connectivity index (χ0v) is 10.3. The highest BCUT2D eigenvalue weighted by Gasteiger charge is 2.16. The molecular weight excluding hydrogens is 219 g/mol. The van der Waals surface area contributed by atoms with Gasteiger partial charge in [0.25, 0.3) is 0 Å². The summed E-state index contributed by atoms with van der Waals surface area (Å²) in [6, 6.07) is 5.68. The molecule has 17 heavy (non-hydrogen) atoms. The van der Waals surface area contributed by atoms with Crippen LogP contribution in [0, 0.1) is 5.82 Å². The Morgan fingerprint density at radius 2 is 2.00 bits per heavy atom. The van der Waals surface area contributed by atoms with Crippen molar-refractivity contribution in [2.45, 2.75) is 32.4 Å². The van der Waals surface area contributed by atoms with Gasteiger partial charge in [0.2, 0.25) is 5.91 Å². The first-order chi connectivity index (χ1) is 8.04. The lowest BCUT2D eigenvalue weighted by Crippen LogP contribution is -2.41. The topological polar surface area (TPSA) is 46.3 Å². The Bertz CT molecular complexity index is 364. The van der Waals surface area contributed by atoms with E-state index >= 15 is 0 Å². The van der Waals surface area contributed by atoms with E-state index in [1.807, 2.05) is 6.92 Å². The van der Waals surface area contributed by atoms with Crippen LogP contribution in [-0.2, 0) is 11.3 Å². The van der Waals surface area contributed by atoms with Gasteiger partial charge < -0.3 is 10.6 Å². The van der Waals surface area contributed by atoms with Gasteiger partial charge in [-0.15, -0.1) is 0 Å². The van der Waals surface area contributed by atoms with Gasteiger partial charge >= 0.3 is 0 Å².